The van der Waals surface area contributed by atoms with Crippen molar-refractivity contribution in [2.45, 2.75) is 38.5 Å². The van der Waals surface area contributed by atoms with Crippen LogP contribution in [0.5, 0.6) is 0 Å². The molecule has 1 nitrogen and oxygen atoms in total. The van der Waals surface area contributed by atoms with Crippen LogP contribution in [-0.2, 0) is 4.79 Å². The van der Waals surface area contributed by atoms with Gasteiger partial charge in [0.05, 0.1) is 5.75 Å². The zero-order valence-corrected chi connectivity index (χ0v) is 8.94. The average molecular weight is 198 g/mol. The van der Waals surface area contributed by atoms with Crippen LogP contribution in [0.1, 0.15) is 38.5 Å². The van der Waals surface area contributed by atoms with Gasteiger partial charge < -0.3 is 0 Å². The molecule has 2 aliphatic rings. The van der Waals surface area contributed by atoms with Crippen LogP contribution in [0.2, 0.25) is 0 Å². The van der Waals surface area contributed by atoms with Gasteiger partial charge in [-0.1, -0.05) is 25.7 Å². The number of thioether (sulfide) groups is 1. The van der Waals surface area contributed by atoms with Gasteiger partial charge in [-0.15, -0.1) is 0 Å². The van der Waals surface area contributed by atoms with Gasteiger partial charge in [0, 0.05) is 11.7 Å². The number of hydrogen-bond donors (Lipinski definition) is 0. The minimum Gasteiger partial charge on any atom is -0.298 e. The van der Waals surface area contributed by atoms with Crippen molar-refractivity contribution in [3.8, 4) is 0 Å². The van der Waals surface area contributed by atoms with Crippen LogP contribution in [-0.4, -0.2) is 17.3 Å². The summed E-state index contributed by atoms with van der Waals surface area (Å²) in [6.45, 7) is 0. The topological polar surface area (TPSA) is 17.1 Å². The van der Waals surface area contributed by atoms with E-state index in [2.05, 4.69) is 0 Å². The van der Waals surface area contributed by atoms with Gasteiger partial charge in [0.25, 0.3) is 0 Å². The normalized spacial score (nSPS) is 32.0. The summed E-state index contributed by atoms with van der Waals surface area (Å²) in [4.78, 5) is 11.6. The predicted octanol–water partition coefficient (Wildman–Crippen LogP) is 2.89. The van der Waals surface area contributed by atoms with E-state index in [9.17, 15) is 4.79 Å². The molecule has 1 saturated carbocycles. The lowest BCUT2D eigenvalue weighted by Crippen LogP contribution is -2.21. The molecule has 74 valence electrons. The average Bonchev–Trinajstić information content (AvgIpc) is 2.43. The molecule has 2 rings (SSSR count). The monoisotopic (exact) mass is 198 g/mol. The van der Waals surface area contributed by atoms with E-state index < -0.39 is 0 Å². The highest BCUT2D eigenvalue weighted by Gasteiger charge is 2.32. The van der Waals surface area contributed by atoms with Crippen molar-refractivity contribution in [1.82, 2.24) is 0 Å². The molecule has 2 fully saturated rings. The van der Waals surface area contributed by atoms with Gasteiger partial charge in [-0.2, -0.15) is 11.8 Å². The van der Waals surface area contributed by atoms with Crippen molar-refractivity contribution in [3.63, 3.8) is 0 Å². The summed E-state index contributed by atoms with van der Waals surface area (Å²) < 4.78 is 0. The maximum absolute atomic E-state index is 11.6. The van der Waals surface area contributed by atoms with Gasteiger partial charge in [0.1, 0.15) is 5.78 Å². The number of Topliss-reactive ketones (excluding diaryl/α,β-unsaturated/α-hetero) is 1. The maximum atomic E-state index is 11.6. The van der Waals surface area contributed by atoms with E-state index in [1.807, 2.05) is 11.8 Å². The molecule has 0 N–H and O–H groups in total. The van der Waals surface area contributed by atoms with Gasteiger partial charge in [-0.05, 0) is 18.8 Å². The van der Waals surface area contributed by atoms with Gasteiger partial charge in [0.2, 0.25) is 0 Å². The molecule has 13 heavy (non-hydrogen) atoms. The molecule has 0 aromatic rings. The summed E-state index contributed by atoms with van der Waals surface area (Å²) in [5.74, 6) is 3.62. The van der Waals surface area contributed by atoms with Crippen LogP contribution in [0, 0.1) is 11.8 Å². The van der Waals surface area contributed by atoms with Crippen LogP contribution in [0.15, 0.2) is 0 Å². The molecule has 0 amide bonds. The Morgan fingerprint density at radius 1 is 1.08 bits per heavy atom. The van der Waals surface area contributed by atoms with Crippen LogP contribution < -0.4 is 0 Å². The first-order valence-corrected chi connectivity index (χ1v) is 6.64. The zero-order chi connectivity index (χ0) is 9.10. The Morgan fingerprint density at radius 3 is 2.31 bits per heavy atom. The van der Waals surface area contributed by atoms with Crippen LogP contribution in [0.4, 0.5) is 0 Å². The Balaban J connectivity index is 1.93. The Bertz CT molecular complexity index is 183. The lowest BCUT2D eigenvalue weighted by molar-refractivity contribution is -0.120. The molecule has 2 heteroatoms. The third-order valence-electron chi connectivity index (χ3n) is 3.42. The second kappa shape index (κ2) is 4.50. The SMILES string of the molecule is O=C1CSCC1C1CCCCCC1. The van der Waals surface area contributed by atoms with Gasteiger partial charge in [-0.25, -0.2) is 0 Å². The molecule has 0 aromatic heterocycles. The van der Waals surface area contributed by atoms with E-state index in [0.717, 1.165) is 17.4 Å². The Morgan fingerprint density at radius 2 is 1.77 bits per heavy atom. The van der Waals surface area contributed by atoms with Crippen molar-refractivity contribution in [3.05, 3.63) is 0 Å². The highest BCUT2D eigenvalue weighted by molar-refractivity contribution is 8.00. The van der Waals surface area contributed by atoms with Crippen molar-refractivity contribution < 1.29 is 4.79 Å². The maximum Gasteiger partial charge on any atom is 0.146 e. The van der Waals surface area contributed by atoms with Crippen molar-refractivity contribution in [1.29, 1.82) is 0 Å². The summed E-state index contributed by atoms with van der Waals surface area (Å²) in [6, 6.07) is 0. The number of ketones is 1. The van der Waals surface area contributed by atoms with Gasteiger partial charge in [0.15, 0.2) is 0 Å². The predicted molar refractivity (Wildman–Crippen MR) is 57.0 cm³/mol. The fourth-order valence-electron chi connectivity index (χ4n) is 2.60. The highest BCUT2D eigenvalue weighted by Crippen LogP contribution is 2.35. The van der Waals surface area contributed by atoms with Crippen molar-refractivity contribution in [2.75, 3.05) is 11.5 Å². The molecule has 1 aliphatic heterocycles. The zero-order valence-electron chi connectivity index (χ0n) is 8.13. The third kappa shape index (κ3) is 2.28. The number of carbonyl (C=O) groups excluding carboxylic acids is 1. The van der Waals surface area contributed by atoms with Gasteiger partial charge >= 0.3 is 0 Å². The lowest BCUT2D eigenvalue weighted by Gasteiger charge is -2.19. The second-order valence-electron chi connectivity index (χ2n) is 4.34. The first-order valence-electron chi connectivity index (χ1n) is 5.48. The number of hydrogen-bond acceptors (Lipinski definition) is 2. The van der Waals surface area contributed by atoms with E-state index in [4.69, 9.17) is 0 Å². The second-order valence-corrected chi connectivity index (χ2v) is 5.37. The van der Waals surface area contributed by atoms with Crippen LogP contribution >= 0.6 is 11.8 Å². The minimum atomic E-state index is 0.433. The highest BCUT2D eigenvalue weighted by atomic mass is 32.2. The fraction of sp³-hybridized carbons (Fsp3) is 0.909. The summed E-state index contributed by atoms with van der Waals surface area (Å²) in [5, 5.41) is 0. The standard InChI is InChI=1S/C11H18OS/c12-11-8-13-7-10(11)9-5-3-1-2-4-6-9/h9-10H,1-8H2. The van der Waals surface area contributed by atoms with Crippen LogP contribution in [0.3, 0.4) is 0 Å². The summed E-state index contributed by atoms with van der Waals surface area (Å²) in [6.07, 6.45) is 8.14. The fourth-order valence-corrected chi connectivity index (χ4v) is 3.84. The largest absolute Gasteiger partial charge is 0.298 e. The lowest BCUT2D eigenvalue weighted by atomic mass is 9.85. The molecule has 0 aromatic carbocycles. The van der Waals surface area contributed by atoms with Crippen molar-refractivity contribution in [2.24, 2.45) is 11.8 Å². The molecule has 0 spiro atoms. The Kier molecular flexibility index (Phi) is 3.31. The number of carbonyl (C=O) groups is 1. The van der Waals surface area contributed by atoms with E-state index in [1.54, 1.807) is 0 Å². The Hall–Kier alpha value is 0.0200. The molecule has 0 bridgehead atoms. The van der Waals surface area contributed by atoms with E-state index in [0.29, 0.717) is 11.7 Å². The molecular weight excluding hydrogens is 180 g/mol. The third-order valence-corrected chi connectivity index (χ3v) is 4.51. The molecule has 1 atom stereocenters. The molecule has 1 aliphatic carbocycles. The van der Waals surface area contributed by atoms with Crippen molar-refractivity contribution >= 4 is 17.5 Å². The first-order chi connectivity index (χ1) is 6.38. The minimum absolute atomic E-state index is 0.433. The van der Waals surface area contributed by atoms with E-state index in [1.165, 1.54) is 38.5 Å². The molecule has 1 unspecified atom stereocenters. The quantitative estimate of drug-likeness (QED) is 0.603. The molecule has 1 saturated heterocycles. The summed E-state index contributed by atoms with van der Waals surface area (Å²) in [5.41, 5.74) is 0. The summed E-state index contributed by atoms with van der Waals surface area (Å²) in [7, 11) is 0. The Labute approximate surface area is 84.7 Å². The van der Waals surface area contributed by atoms with E-state index >= 15 is 0 Å². The molecule has 0 radical (unpaired) electrons. The molecule has 1 heterocycles. The summed E-state index contributed by atoms with van der Waals surface area (Å²) >= 11 is 1.84. The van der Waals surface area contributed by atoms with Crippen LogP contribution in [0.25, 0.3) is 0 Å². The first kappa shape index (κ1) is 9.57. The molecular formula is C11H18OS. The smallest absolute Gasteiger partial charge is 0.146 e. The number of rotatable bonds is 1. The van der Waals surface area contributed by atoms with E-state index in [-0.39, 0.29) is 0 Å². The van der Waals surface area contributed by atoms with Gasteiger partial charge in [-0.3, -0.25) is 4.79 Å².